The summed E-state index contributed by atoms with van der Waals surface area (Å²) in [5, 5.41) is 2.92. The first-order valence-corrected chi connectivity index (χ1v) is 11.7. The van der Waals surface area contributed by atoms with Crippen LogP contribution in [0.5, 0.6) is 5.75 Å². The predicted molar refractivity (Wildman–Crippen MR) is 127 cm³/mol. The highest BCUT2D eigenvalue weighted by Gasteiger charge is 2.89. The van der Waals surface area contributed by atoms with Crippen LogP contribution in [0.25, 0.3) is 0 Å². The maximum absolute atomic E-state index is 14.0. The second-order valence-corrected chi connectivity index (χ2v) is 9.42. The molecule has 1 aliphatic carbocycles. The lowest BCUT2D eigenvalue weighted by Crippen LogP contribution is -2.45. The van der Waals surface area contributed by atoms with Gasteiger partial charge in [-0.3, -0.25) is 14.4 Å². The first-order chi connectivity index (χ1) is 16.0. The minimum absolute atomic E-state index is 0.213. The van der Waals surface area contributed by atoms with Crippen LogP contribution in [-0.2, 0) is 16.1 Å². The molecule has 5 nitrogen and oxygen atoms in total. The Hall–Kier alpha value is -3.25. The minimum atomic E-state index is -1.61. The second kappa shape index (κ2) is 7.96. The Kier molecular flexibility index (Phi) is 5.20. The van der Waals surface area contributed by atoms with Crippen molar-refractivity contribution in [3.05, 3.63) is 100 Å². The monoisotopic (exact) mass is 503 g/mol. The zero-order valence-electron chi connectivity index (χ0n) is 18.0. The second-order valence-electron chi connectivity index (χ2n) is 8.50. The lowest BCUT2D eigenvalue weighted by molar-refractivity contribution is -0.149. The van der Waals surface area contributed by atoms with Crippen molar-refractivity contribution in [1.29, 1.82) is 0 Å². The van der Waals surface area contributed by atoms with E-state index in [1.165, 1.54) is 0 Å². The van der Waals surface area contributed by atoms with Gasteiger partial charge in [0.2, 0.25) is 5.91 Å². The molecule has 0 spiro atoms. The number of hydrogen-bond donors (Lipinski definition) is 1. The maximum Gasteiger partial charge on any atom is 0.328 e. The van der Waals surface area contributed by atoms with Crippen LogP contribution in [0.15, 0.2) is 83.3 Å². The number of ether oxygens (including phenoxy) is 1. The van der Waals surface area contributed by atoms with Crippen LogP contribution in [0, 0.1) is 10.8 Å². The predicted octanol–water partition coefficient (Wildman–Crippen LogP) is 5.05. The number of hydrogen-bond acceptors (Lipinski definition) is 4. The standard InChI is InChI=1S/C27H22BrNO4/c1-2-26(23(30)18-11-7-4-8-12-18)22-20-15-19(28)13-14-21(20)33-25(32)27(22,26)24(31)29-16-17-9-5-3-6-10-17/h3-15,22H,2,16H2,1H3,(H,29,31)/t22-,26+,27-/m0/s1. The van der Waals surface area contributed by atoms with Crippen LogP contribution < -0.4 is 10.1 Å². The third-order valence-electron chi connectivity index (χ3n) is 7.01. The van der Waals surface area contributed by atoms with E-state index in [1.54, 1.807) is 36.4 Å². The summed E-state index contributed by atoms with van der Waals surface area (Å²) in [5.74, 6) is -1.56. The number of ketones is 1. The molecule has 1 saturated carbocycles. The van der Waals surface area contributed by atoms with Crippen LogP contribution >= 0.6 is 15.9 Å². The summed E-state index contributed by atoms with van der Waals surface area (Å²) in [7, 11) is 0. The molecule has 6 heteroatoms. The van der Waals surface area contributed by atoms with Gasteiger partial charge in [-0.1, -0.05) is 83.5 Å². The van der Waals surface area contributed by atoms with E-state index in [9.17, 15) is 14.4 Å². The summed E-state index contributed by atoms with van der Waals surface area (Å²) in [4.78, 5) is 41.2. The number of halogens is 1. The molecule has 0 saturated heterocycles. The molecular weight excluding hydrogens is 482 g/mol. The molecule has 0 bridgehead atoms. The highest BCUT2D eigenvalue weighted by molar-refractivity contribution is 9.10. The Bertz CT molecular complexity index is 1260. The molecule has 1 amide bonds. The summed E-state index contributed by atoms with van der Waals surface area (Å²) in [6, 6.07) is 23.7. The van der Waals surface area contributed by atoms with Crippen LogP contribution in [0.2, 0.25) is 0 Å². The van der Waals surface area contributed by atoms with Crippen LogP contribution in [0.1, 0.15) is 40.7 Å². The Labute approximate surface area is 200 Å². The van der Waals surface area contributed by atoms with E-state index in [2.05, 4.69) is 21.2 Å². The summed E-state index contributed by atoms with van der Waals surface area (Å²) in [6.07, 6.45) is 0.325. The molecule has 1 aliphatic heterocycles. The zero-order valence-corrected chi connectivity index (χ0v) is 19.6. The van der Waals surface area contributed by atoms with E-state index in [4.69, 9.17) is 4.74 Å². The van der Waals surface area contributed by atoms with E-state index in [0.29, 0.717) is 23.3 Å². The number of Topliss-reactive ketones (excluding diaryl/α,β-unsaturated/α-hetero) is 1. The first-order valence-electron chi connectivity index (χ1n) is 10.9. The van der Waals surface area contributed by atoms with E-state index in [0.717, 1.165) is 10.0 Å². The van der Waals surface area contributed by atoms with Gasteiger partial charge < -0.3 is 10.1 Å². The fourth-order valence-corrected chi connectivity index (χ4v) is 5.87. The number of rotatable bonds is 6. The molecule has 3 atom stereocenters. The van der Waals surface area contributed by atoms with E-state index >= 15 is 0 Å². The van der Waals surface area contributed by atoms with Gasteiger partial charge in [-0.05, 0) is 30.2 Å². The SMILES string of the molecule is CC[C@]1(C(=O)c2ccccc2)[C@@H]2c3cc(Br)ccc3OC(=O)[C@@]21C(=O)NCc1ccccc1. The van der Waals surface area contributed by atoms with Crippen molar-refractivity contribution < 1.29 is 19.1 Å². The van der Waals surface area contributed by atoms with Gasteiger partial charge in [0.05, 0.1) is 5.41 Å². The third-order valence-corrected chi connectivity index (χ3v) is 7.50. The highest BCUT2D eigenvalue weighted by atomic mass is 79.9. The Balaban J connectivity index is 1.63. The third kappa shape index (κ3) is 3.00. The van der Waals surface area contributed by atoms with Crippen molar-refractivity contribution >= 4 is 33.6 Å². The first kappa shape index (κ1) is 21.6. The van der Waals surface area contributed by atoms with Gasteiger partial charge in [-0.25, -0.2) is 0 Å². The number of fused-ring (bicyclic) bond motifs is 3. The van der Waals surface area contributed by atoms with Gasteiger partial charge >= 0.3 is 5.97 Å². The molecule has 2 aliphatic rings. The molecule has 33 heavy (non-hydrogen) atoms. The molecular formula is C27H22BrNO4. The molecule has 0 aromatic heterocycles. The van der Waals surface area contributed by atoms with Crippen molar-refractivity contribution in [3.63, 3.8) is 0 Å². The van der Waals surface area contributed by atoms with Crippen molar-refractivity contribution in [2.75, 3.05) is 0 Å². The Morgan fingerprint density at radius 2 is 1.67 bits per heavy atom. The summed E-state index contributed by atoms with van der Waals surface area (Å²) >= 11 is 3.48. The molecule has 1 fully saturated rings. The van der Waals surface area contributed by atoms with Crippen molar-refractivity contribution in [2.24, 2.45) is 10.8 Å². The smallest absolute Gasteiger partial charge is 0.328 e. The average molecular weight is 504 g/mol. The zero-order chi connectivity index (χ0) is 23.2. The number of carbonyl (C=O) groups is 3. The lowest BCUT2D eigenvalue weighted by Gasteiger charge is -2.24. The number of benzene rings is 3. The summed E-state index contributed by atoms with van der Waals surface area (Å²) < 4.78 is 6.48. The minimum Gasteiger partial charge on any atom is -0.425 e. The van der Waals surface area contributed by atoms with Crippen molar-refractivity contribution in [1.82, 2.24) is 5.32 Å². The molecule has 0 unspecified atom stereocenters. The molecule has 166 valence electrons. The number of nitrogens with one attached hydrogen (secondary N) is 1. The Morgan fingerprint density at radius 1 is 1.00 bits per heavy atom. The van der Waals surface area contributed by atoms with Crippen LogP contribution in [-0.4, -0.2) is 17.7 Å². The fourth-order valence-electron chi connectivity index (χ4n) is 5.50. The summed E-state index contributed by atoms with van der Waals surface area (Å²) in [6.45, 7) is 2.11. The molecule has 5 rings (SSSR count). The number of amides is 1. The number of carbonyl (C=O) groups excluding carboxylic acids is 3. The van der Waals surface area contributed by atoms with Crippen molar-refractivity contribution in [2.45, 2.75) is 25.8 Å². The van der Waals surface area contributed by atoms with Gasteiger partial charge in [-0.15, -0.1) is 0 Å². The van der Waals surface area contributed by atoms with Crippen LogP contribution in [0.4, 0.5) is 0 Å². The van der Waals surface area contributed by atoms with Gasteiger partial charge in [0.25, 0.3) is 0 Å². The summed E-state index contributed by atoms with van der Waals surface area (Å²) in [5.41, 5.74) is -0.753. The van der Waals surface area contributed by atoms with Gasteiger partial charge in [0.15, 0.2) is 11.2 Å². The van der Waals surface area contributed by atoms with Gasteiger partial charge in [0.1, 0.15) is 5.75 Å². The Morgan fingerprint density at radius 3 is 2.33 bits per heavy atom. The maximum atomic E-state index is 14.0. The van der Waals surface area contributed by atoms with Crippen molar-refractivity contribution in [3.8, 4) is 5.75 Å². The fraction of sp³-hybridized carbons (Fsp3) is 0.222. The highest BCUT2D eigenvalue weighted by Crippen LogP contribution is 2.80. The van der Waals surface area contributed by atoms with E-state index in [1.807, 2.05) is 49.4 Å². The van der Waals surface area contributed by atoms with Crippen LogP contribution in [0.3, 0.4) is 0 Å². The molecule has 1 N–H and O–H groups in total. The molecule has 0 radical (unpaired) electrons. The van der Waals surface area contributed by atoms with Gasteiger partial charge in [0, 0.05) is 28.1 Å². The van der Waals surface area contributed by atoms with E-state index < -0.39 is 28.6 Å². The largest absolute Gasteiger partial charge is 0.425 e. The molecule has 1 heterocycles. The lowest BCUT2D eigenvalue weighted by atomic mass is 9.82. The van der Waals surface area contributed by atoms with E-state index in [-0.39, 0.29) is 12.3 Å². The quantitative estimate of drug-likeness (QED) is 0.221. The van der Waals surface area contributed by atoms with Gasteiger partial charge in [-0.2, -0.15) is 0 Å². The average Bonchev–Trinajstić information content (AvgIpc) is 3.50. The topological polar surface area (TPSA) is 72.5 Å². The molecule has 3 aromatic carbocycles. The molecule has 3 aromatic rings. The normalized spacial score (nSPS) is 24.8. The number of esters is 1.